The number of carbonyl (C=O) groups is 1. The molecule has 1 heterocycles. The molecule has 1 aromatic heterocycles. The van der Waals surface area contributed by atoms with E-state index in [0.29, 0.717) is 12.5 Å². The molecule has 1 saturated carbocycles. The average molecular weight is 366 g/mol. The van der Waals surface area contributed by atoms with Crippen LogP contribution in [-0.4, -0.2) is 31.9 Å². The predicted octanol–water partition coefficient (Wildman–Crippen LogP) is 4.14. The van der Waals surface area contributed by atoms with Gasteiger partial charge in [-0.3, -0.25) is 5.32 Å². The van der Waals surface area contributed by atoms with Crippen LogP contribution in [0.5, 0.6) is 5.75 Å². The van der Waals surface area contributed by atoms with Gasteiger partial charge in [-0.05, 0) is 55.7 Å². The van der Waals surface area contributed by atoms with Gasteiger partial charge in [0.1, 0.15) is 11.6 Å². The maximum Gasteiger partial charge on any atom is 0.323 e. The fourth-order valence-corrected chi connectivity index (χ4v) is 3.64. The molecule has 2 aliphatic carbocycles. The molecule has 27 heavy (non-hydrogen) atoms. The summed E-state index contributed by atoms with van der Waals surface area (Å²) in [5.74, 6) is 1.54. The first-order valence-corrected chi connectivity index (χ1v) is 9.71. The standard InChI is InChI=1S/C21H26N4O2/c26-19-8-4-7-17(13-19)14-24(18-9-10-18)21(27)23-20-11-12-22-25(20)15-16-5-2-1-3-6-16/h1-2,4,7-8,11-13,16,18,26H,3,5-6,9-10,14-15H2,(H,23,27)/t16-/m1/s1. The fraction of sp³-hybridized carbons (Fsp3) is 0.429. The molecule has 2 aromatic rings. The lowest BCUT2D eigenvalue weighted by Gasteiger charge is -2.24. The largest absolute Gasteiger partial charge is 0.508 e. The number of urea groups is 1. The minimum Gasteiger partial charge on any atom is -0.508 e. The Morgan fingerprint density at radius 1 is 1.26 bits per heavy atom. The van der Waals surface area contributed by atoms with Gasteiger partial charge in [-0.1, -0.05) is 24.3 Å². The molecule has 0 bridgehead atoms. The summed E-state index contributed by atoms with van der Waals surface area (Å²) in [6, 6.07) is 9.12. The van der Waals surface area contributed by atoms with Crippen molar-refractivity contribution in [2.75, 3.05) is 5.32 Å². The van der Waals surface area contributed by atoms with Crippen LogP contribution in [0.25, 0.3) is 0 Å². The molecule has 4 rings (SSSR count). The van der Waals surface area contributed by atoms with E-state index >= 15 is 0 Å². The predicted molar refractivity (Wildman–Crippen MR) is 104 cm³/mol. The number of allylic oxidation sites excluding steroid dienone is 2. The molecule has 0 aliphatic heterocycles. The van der Waals surface area contributed by atoms with Crippen LogP contribution in [-0.2, 0) is 13.1 Å². The number of phenols is 1. The van der Waals surface area contributed by atoms with Crippen molar-refractivity contribution in [2.24, 2.45) is 5.92 Å². The number of phenolic OH excluding ortho intramolecular Hbond substituents is 1. The zero-order valence-corrected chi connectivity index (χ0v) is 15.4. The number of anilines is 1. The summed E-state index contributed by atoms with van der Waals surface area (Å²) in [4.78, 5) is 14.8. The molecule has 2 aliphatic rings. The van der Waals surface area contributed by atoms with Gasteiger partial charge >= 0.3 is 6.03 Å². The average Bonchev–Trinajstić information content (AvgIpc) is 3.42. The van der Waals surface area contributed by atoms with E-state index in [2.05, 4.69) is 22.6 Å². The zero-order chi connectivity index (χ0) is 18.6. The fourth-order valence-electron chi connectivity index (χ4n) is 3.64. The van der Waals surface area contributed by atoms with Crippen LogP contribution >= 0.6 is 0 Å². The minimum atomic E-state index is -0.105. The third kappa shape index (κ3) is 4.51. The van der Waals surface area contributed by atoms with E-state index in [-0.39, 0.29) is 17.8 Å². The third-order valence-corrected chi connectivity index (χ3v) is 5.27. The summed E-state index contributed by atoms with van der Waals surface area (Å²) >= 11 is 0. The molecule has 0 spiro atoms. The monoisotopic (exact) mass is 366 g/mol. The van der Waals surface area contributed by atoms with Gasteiger partial charge < -0.3 is 10.0 Å². The van der Waals surface area contributed by atoms with Crippen LogP contribution in [0, 0.1) is 5.92 Å². The molecule has 6 nitrogen and oxygen atoms in total. The smallest absolute Gasteiger partial charge is 0.323 e. The van der Waals surface area contributed by atoms with E-state index in [0.717, 1.165) is 50.0 Å². The first-order valence-electron chi connectivity index (χ1n) is 9.71. The van der Waals surface area contributed by atoms with Gasteiger partial charge in [0.25, 0.3) is 0 Å². The van der Waals surface area contributed by atoms with Crippen molar-refractivity contribution in [2.45, 2.75) is 51.2 Å². The summed E-state index contributed by atoms with van der Waals surface area (Å²) in [7, 11) is 0. The number of hydrogen-bond donors (Lipinski definition) is 2. The molecule has 2 N–H and O–H groups in total. The Hall–Kier alpha value is -2.76. The number of carbonyl (C=O) groups excluding carboxylic acids is 1. The summed E-state index contributed by atoms with van der Waals surface area (Å²) in [5.41, 5.74) is 0.930. The third-order valence-electron chi connectivity index (χ3n) is 5.27. The Morgan fingerprint density at radius 3 is 2.89 bits per heavy atom. The number of hydrogen-bond acceptors (Lipinski definition) is 3. The van der Waals surface area contributed by atoms with Crippen molar-refractivity contribution in [1.29, 1.82) is 0 Å². The second-order valence-corrected chi connectivity index (χ2v) is 7.51. The van der Waals surface area contributed by atoms with Crippen molar-refractivity contribution in [3.63, 3.8) is 0 Å². The van der Waals surface area contributed by atoms with Gasteiger partial charge in [0.05, 0.1) is 6.20 Å². The summed E-state index contributed by atoms with van der Waals surface area (Å²) in [6.07, 6.45) is 11.6. The lowest BCUT2D eigenvalue weighted by Crippen LogP contribution is -2.37. The number of rotatable bonds is 6. The van der Waals surface area contributed by atoms with Crippen LogP contribution in [0.3, 0.4) is 0 Å². The van der Waals surface area contributed by atoms with Crippen LogP contribution in [0.2, 0.25) is 0 Å². The Balaban J connectivity index is 1.42. The minimum absolute atomic E-state index is 0.105. The Labute approximate surface area is 159 Å². The van der Waals surface area contributed by atoms with Gasteiger partial charge in [-0.15, -0.1) is 0 Å². The van der Waals surface area contributed by atoms with Gasteiger partial charge in [-0.2, -0.15) is 5.10 Å². The van der Waals surface area contributed by atoms with Gasteiger partial charge in [0.2, 0.25) is 0 Å². The first kappa shape index (κ1) is 17.6. The van der Waals surface area contributed by atoms with Crippen LogP contribution in [0.4, 0.5) is 10.6 Å². The topological polar surface area (TPSA) is 70.4 Å². The normalized spacial score (nSPS) is 19.0. The Morgan fingerprint density at radius 2 is 2.15 bits per heavy atom. The molecule has 1 aromatic carbocycles. The van der Waals surface area contributed by atoms with E-state index in [9.17, 15) is 9.90 Å². The highest BCUT2D eigenvalue weighted by Crippen LogP contribution is 2.30. The first-order chi connectivity index (χ1) is 13.2. The van der Waals surface area contributed by atoms with Crippen molar-refractivity contribution < 1.29 is 9.90 Å². The highest BCUT2D eigenvalue weighted by atomic mass is 16.3. The van der Waals surface area contributed by atoms with Gasteiger partial charge in [0.15, 0.2) is 0 Å². The number of nitrogens with zero attached hydrogens (tertiary/aromatic N) is 3. The number of amides is 2. The van der Waals surface area contributed by atoms with Crippen LogP contribution in [0.1, 0.15) is 37.7 Å². The number of aromatic hydroxyl groups is 1. The summed E-state index contributed by atoms with van der Waals surface area (Å²) < 4.78 is 1.90. The lowest BCUT2D eigenvalue weighted by atomic mass is 9.94. The van der Waals surface area contributed by atoms with E-state index in [1.165, 1.54) is 0 Å². The molecule has 0 radical (unpaired) electrons. The zero-order valence-electron chi connectivity index (χ0n) is 15.4. The quantitative estimate of drug-likeness (QED) is 0.755. The molecule has 2 amide bonds. The maximum absolute atomic E-state index is 12.9. The Bertz CT molecular complexity index is 825. The maximum atomic E-state index is 12.9. The number of nitrogens with one attached hydrogen (secondary N) is 1. The second-order valence-electron chi connectivity index (χ2n) is 7.51. The molecule has 142 valence electrons. The molecule has 1 fully saturated rings. The lowest BCUT2D eigenvalue weighted by molar-refractivity contribution is 0.205. The van der Waals surface area contributed by atoms with Crippen molar-refractivity contribution in [3.05, 3.63) is 54.2 Å². The molecule has 0 unspecified atom stereocenters. The highest BCUT2D eigenvalue weighted by Gasteiger charge is 2.33. The van der Waals surface area contributed by atoms with Crippen molar-refractivity contribution in [1.82, 2.24) is 14.7 Å². The van der Waals surface area contributed by atoms with Gasteiger partial charge in [-0.25, -0.2) is 9.48 Å². The molecular weight excluding hydrogens is 340 g/mol. The Kier molecular flexibility index (Phi) is 5.14. The van der Waals surface area contributed by atoms with Gasteiger partial charge in [0, 0.05) is 25.2 Å². The molecule has 1 atom stereocenters. The SMILES string of the molecule is O=C(Nc1ccnn1C[C@@H]1CC=CCC1)N(Cc1cccc(O)c1)C1CC1. The number of benzene rings is 1. The summed E-state index contributed by atoms with van der Waals surface area (Å²) in [5, 5.41) is 17.1. The summed E-state index contributed by atoms with van der Waals surface area (Å²) in [6.45, 7) is 1.31. The van der Waals surface area contributed by atoms with E-state index < -0.39 is 0 Å². The van der Waals surface area contributed by atoms with Crippen molar-refractivity contribution >= 4 is 11.8 Å². The van der Waals surface area contributed by atoms with E-state index in [1.54, 1.807) is 24.4 Å². The second kappa shape index (κ2) is 7.86. The van der Waals surface area contributed by atoms with Crippen molar-refractivity contribution in [3.8, 4) is 5.75 Å². The van der Waals surface area contributed by atoms with Crippen LogP contribution < -0.4 is 5.32 Å². The van der Waals surface area contributed by atoms with Crippen LogP contribution in [0.15, 0.2) is 48.7 Å². The molecular formula is C21H26N4O2. The van der Waals surface area contributed by atoms with E-state index in [4.69, 9.17) is 0 Å². The van der Waals surface area contributed by atoms with E-state index in [1.807, 2.05) is 21.7 Å². The number of aromatic nitrogens is 2. The highest BCUT2D eigenvalue weighted by molar-refractivity contribution is 5.88. The molecule has 0 saturated heterocycles. The molecule has 6 heteroatoms.